The van der Waals surface area contributed by atoms with Crippen molar-refractivity contribution in [3.8, 4) is 0 Å². The quantitative estimate of drug-likeness (QED) is 0.525. The number of furan rings is 1. The summed E-state index contributed by atoms with van der Waals surface area (Å²) < 4.78 is 38.9. The normalized spacial score (nSPS) is 24.8. The van der Waals surface area contributed by atoms with Gasteiger partial charge in [0.1, 0.15) is 11.2 Å². The minimum Gasteiger partial charge on any atom is -0.456 e. The molecule has 206 valence electrons. The minimum absolute atomic E-state index is 0.183. The number of nitrogens with one attached hydrogen (secondary N) is 1. The van der Waals surface area contributed by atoms with Gasteiger partial charge in [-0.15, -0.1) is 0 Å². The van der Waals surface area contributed by atoms with Gasteiger partial charge in [-0.3, -0.25) is 14.5 Å². The SMILES string of the molecule is CN1C(=O)C2CC(C(=O)Nc3ccc4c(c3)oc3ccc(S(=O)(=O)N5CCOCC5)cc34)CCC2N(C)C1=O. The smallest absolute Gasteiger partial charge is 0.326 e. The zero-order valence-electron chi connectivity index (χ0n) is 21.8. The van der Waals surface area contributed by atoms with Crippen molar-refractivity contribution in [1.82, 2.24) is 14.1 Å². The van der Waals surface area contributed by atoms with Crippen molar-refractivity contribution >= 4 is 55.5 Å². The Hall–Kier alpha value is -3.48. The van der Waals surface area contributed by atoms with Crippen LogP contribution < -0.4 is 5.32 Å². The Morgan fingerprint density at radius 2 is 1.74 bits per heavy atom. The number of urea groups is 1. The highest BCUT2D eigenvalue weighted by molar-refractivity contribution is 7.89. The summed E-state index contributed by atoms with van der Waals surface area (Å²) in [5.41, 5.74) is 1.62. The predicted octanol–water partition coefficient (Wildman–Crippen LogP) is 2.85. The molecule has 3 fully saturated rings. The maximum absolute atomic E-state index is 13.2. The van der Waals surface area contributed by atoms with E-state index in [0.717, 1.165) is 10.3 Å². The van der Waals surface area contributed by atoms with Gasteiger partial charge in [0.15, 0.2) is 0 Å². The molecule has 1 aromatic heterocycles. The molecule has 11 nitrogen and oxygen atoms in total. The molecule has 0 radical (unpaired) electrons. The van der Waals surface area contributed by atoms with Gasteiger partial charge >= 0.3 is 6.03 Å². The zero-order valence-corrected chi connectivity index (χ0v) is 22.6. The molecule has 2 saturated heterocycles. The van der Waals surface area contributed by atoms with Crippen LogP contribution >= 0.6 is 0 Å². The summed E-state index contributed by atoms with van der Waals surface area (Å²) in [6.07, 6.45) is 1.54. The van der Waals surface area contributed by atoms with E-state index >= 15 is 0 Å². The summed E-state index contributed by atoms with van der Waals surface area (Å²) in [5.74, 6) is -1.18. The number of amides is 4. The molecule has 4 amide bonds. The molecule has 6 rings (SSSR count). The molecule has 1 aliphatic carbocycles. The predicted molar refractivity (Wildman–Crippen MR) is 142 cm³/mol. The largest absolute Gasteiger partial charge is 0.456 e. The van der Waals surface area contributed by atoms with E-state index in [0.29, 0.717) is 67.8 Å². The van der Waals surface area contributed by atoms with Gasteiger partial charge in [0.2, 0.25) is 21.8 Å². The molecule has 0 spiro atoms. The molecule has 1 saturated carbocycles. The van der Waals surface area contributed by atoms with Crippen LogP contribution in [0.5, 0.6) is 0 Å². The first-order valence-electron chi connectivity index (χ1n) is 13.0. The molecule has 3 aromatic rings. The van der Waals surface area contributed by atoms with Crippen LogP contribution in [0.1, 0.15) is 19.3 Å². The summed E-state index contributed by atoms with van der Waals surface area (Å²) in [4.78, 5) is 41.1. The maximum atomic E-state index is 13.2. The fraction of sp³-hybridized carbons (Fsp3) is 0.444. The van der Waals surface area contributed by atoms with E-state index in [1.165, 1.54) is 11.4 Å². The Labute approximate surface area is 225 Å². The number of hydrogen-bond donors (Lipinski definition) is 1. The first-order chi connectivity index (χ1) is 18.6. The van der Waals surface area contributed by atoms with E-state index in [-0.39, 0.29) is 34.7 Å². The van der Waals surface area contributed by atoms with Crippen molar-refractivity contribution < 1.29 is 32.0 Å². The van der Waals surface area contributed by atoms with Crippen LogP contribution in [-0.4, -0.2) is 86.8 Å². The second-order valence-corrected chi connectivity index (χ2v) is 12.4. The number of hydrogen-bond acceptors (Lipinski definition) is 7. The number of ether oxygens (including phenoxy) is 1. The van der Waals surface area contributed by atoms with E-state index in [4.69, 9.17) is 9.15 Å². The van der Waals surface area contributed by atoms with E-state index in [1.54, 1.807) is 48.3 Å². The molecule has 2 aromatic carbocycles. The molecule has 39 heavy (non-hydrogen) atoms. The van der Waals surface area contributed by atoms with Crippen molar-refractivity contribution in [3.63, 3.8) is 0 Å². The number of imide groups is 1. The van der Waals surface area contributed by atoms with Crippen molar-refractivity contribution in [2.24, 2.45) is 11.8 Å². The monoisotopic (exact) mass is 554 g/mol. The molecule has 0 bridgehead atoms. The number of rotatable bonds is 4. The third-order valence-corrected chi connectivity index (χ3v) is 10.1. The van der Waals surface area contributed by atoms with Gasteiger partial charge in [0, 0.05) is 61.7 Å². The number of carbonyl (C=O) groups is 3. The highest BCUT2D eigenvalue weighted by Gasteiger charge is 2.47. The van der Waals surface area contributed by atoms with E-state index in [2.05, 4.69) is 5.32 Å². The second kappa shape index (κ2) is 9.61. The Morgan fingerprint density at radius 1 is 0.974 bits per heavy atom. The van der Waals surface area contributed by atoms with Crippen LogP contribution in [0.25, 0.3) is 21.9 Å². The van der Waals surface area contributed by atoms with Gasteiger partial charge in [-0.1, -0.05) is 0 Å². The Kier molecular flexibility index (Phi) is 6.35. The number of fused-ring (bicyclic) bond motifs is 4. The van der Waals surface area contributed by atoms with Crippen molar-refractivity contribution in [2.45, 2.75) is 30.2 Å². The summed E-state index contributed by atoms with van der Waals surface area (Å²) >= 11 is 0. The molecule has 3 unspecified atom stereocenters. The molecular weight excluding hydrogens is 524 g/mol. The van der Waals surface area contributed by atoms with Crippen LogP contribution in [0.3, 0.4) is 0 Å². The summed E-state index contributed by atoms with van der Waals surface area (Å²) in [5, 5.41) is 4.37. The summed E-state index contributed by atoms with van der Waals surface area (Å²) in [7, 11) is -0.475. The lowest BCUT2D eigenvalue weighted by Crippen LogP contribution is -2.61. The zero-order chi connectivity index (χ0) is 27.5. The van der Waals surface area contributed by atoms with Gasteiger partial charge in [-0.25, -0.2) is 13.2 Å². The van der Waals surface area contributed by atoms with Gasteiger partial charge in [0.25, 0.3) is 0 Å². The van der Waals surface area contributed by atoms with Crippen LogP contribution in [0, 0.1) is 11.8 Å². The van der Waals surface area contributed by atoms with Crippen LogP contribution in [0.4, 0.5) is 10.5 Å². The average Bonchev–Trinajstić information content (AvgIpc) is 3.32. The number of sulfonamides is 1. The first kappa shape index (κ1) is 25.8. The first-order valence-corrected chi connectivity index (χ1v) is 14.5. The third kappa shape index (κ3) is 4.36. The van der Waals surface area contributed by atoms with Crippen LogP contribution in [0.2, 0.25) is 0 Å². The van der Waals surface area contributed by atoms with E-state index in [1.807, 2.05) is 0 Å². The van der Waals surface area contributed by atoms with Crippen LogP contribution in [0.15, 0.2) is 45.7 Å². The molecular formula is C27H30N4O7S. The van der Waals surface area contributed by atoms with Gasteiger partial charge in [-0.05, 0) is 49.6 Å². The maximum Gasteiger partial charge on any atom is 0.326 e. The molecule has 12 heteroatoms. The van der Waals surface area contributed by atoms with Gasteiger partial charge in [0.05, 0.1) is 24.0 Å². The lowest BCUT2D eigenvalue weighted by molar-refractivity contribution is -0.140. The fourth-order valence-corrected chi connectivity index (χ4v) is 7.45. The van der Waals surface area contributed by atoms with Crippen molar-refractivity contribution in [3.05, 3.63) is 36.4 Å². The highest BCUT2D eigenvalue weighted by Crippen LogP contribution is 2.37. The molecule has 1 N–H and O–H groups in total. The molecule has 3 atom stereocenters. The standard InChI is InChI=1S/C27H30N4O7S/c1-29-22-7-3-16(13-21(22)26(33)30(2)27(29)34)25(32)28-17-4-6-19-20-15-18(5-8-23(20)38-24(19)14-17)39(35,36)31-9-11-37-12-10-31/h4-6,8,14-16,21-22H,3,7,9-13H2,1-2H3,(H,28,32). The number of anilines is 1. The Bertz CT molecular complexity index is 1590. The Balaban J connectivity index is 1.21. The van der Waals surface area contributed by atoms with Crippen molar-refractivity contribution in [2.75, 3.05) is 45.7 Å². The minimum atomic E-state index is -3.65. The van der Waals surface area contributed by atoms with Crippen molar-refractivity contribution in [1.29, 1.82) is 0 Å². The fourth-order valence-electron chi connectivity index (χ4n) is 6.02. The number of carbonyl (C=O) groups excluding carboxylic acids is 3. The van der Waals surface area contributed by atoms with E-state index < -0.39 is 15.9 Å². The average molecular weight is 555 g/mol. The highest BCUT2D eigenvalue weighted by atomic mass is 32.2. The third-order valence-electron chi connectivity index (χ3n) is 8.24. The Morgan fingerprint density at radius 3 is 2.51 bits per heavy atom. The lowest BCUT2D eigenvalue weighted by Gasteiger charge is -2.45. The summed E-state index contributed by atoms with van der Waals surface area (Å²) in [6, 6.07) is 9.62. The molecule has 2 aliphatic heterocycles. The van der Waals surface area contributed by atoms with Crippen LogP contribution in [-0.2, 0) is 24.3 Å². The van der Waals surface area contributed by atoms with E-state index in [9.17, 15) is 22.8 Å². The van der Waals surface area contributed by atoms with Gasteiger partial charge < -0.3 is 19.4 Å². The lowest BCUT2D eigenvalue weighted by atomic mass is 9.75. The molecule has 3 aliphatic rings. The second-order valence-electron chi connectivity index (χ2n) is 10.5. The number of morpholine rings is 1. The number of benzene rings is 2. The molecule has 3 heterocycles. The van der Waals surface area contributed by atoms with Gasteiger partial charge in [-0.2, -0.15) is 4.31 Å². The number of nitrogens with zero attached hydrogens (tertiary/aromatic N) is 3. The topological polar surface area (TPSA) is 129 Å². The summed E-state index contributed by atoms with van der Waals surface area (Å²) in [6.45, 7) is 1.38.